The summed E-state index contributed by atoms with van der Waals surface area (Å²) in [5.74, 6) is -0.175. The Morgan fingerprint density at radius 2 is 1.45 bits per heavy atom. The molecule has 1 fully saturated rings. The van der Waals surface area contributed by atoms with E-state index in [2.05, 4.69) is 0 Å². The molecule has 0 heterocycles. The first-order chi connectivity index (χ1) is 13.5. The summed E-state index contributed by atoms with van der Waals surface area (Å²) < 4.78 is 84.6. The fraction of sp³-hybridized carbons (Fsp3) is 0.429. The van der Waals surface area contributed by atoms with Crippen LogP contribution in [0.1, 0.15) is 54.0 Å². The Kier molecular flexibility index (Phi) is 5.96. The summed E-state index contributed by atoms with van der Waals surface area (Å²) in [5, 5.41) is 0. The summed E-state index contributed by atoms with van der Waals surface area (Å²) in [6.45, 7) is 1.46. The maximum absolute atomic E-state index is 13.1. The van der Waals surface area contributed by atoms with Crippen molar-refractivity contribution in [3.8, 4) is 0 Å². The number of ether oxygens (including phenoxy) is 1. The molecule has 0 aromatic heterocycles. The Balaban J connectivity index is 1.89. The van der Waals surface area contributed by atoms with E-state index < -0.39 is 35.7 Å². The van der Waals surface area contributed by atoms with Crippen LogP contribution in [0.25, 0.3) is 0 Å². The first kappa shape index (κ1) is 21.6. The minimum absolute atomic E-state index is 0.120. The highest BCUT2D eigenvalue weighted by molar-refractivity contribution is 5.35. The third kappa shape index (κ3) is 4.93. The molecule has 2 nitrogen and oxygen atoms in total. The van der Waals surface area contributed by atoms with Gasteiger partial charge < -0.3 is 10.5 Å². The van der Waals surface area contributed by atoms with Crippen molar-refractivity contribution in [1.29, 1.82) is 0 Å². The zero-order valence-electron chi connectivity index (χ0n) is 15.6. The number of hydrogen-bond acceptors (Lipinski definition) is 2. The van der Waals surface area contributed by atoms with E-state index >= 15 is 0 Å². The molecule has 29 heavy (non-hydrogen) atoms. The number of halogens is 6. The zero-order valence-corrected chi connectivity index (χ0v) is 15.6. The topological polar surface area (TPSA) is 35.2 Å². The summed E-state index contributed by atoms with van der Waals surface area (Å²) in [5.41, 5.74) is 4.28. The van der Waals surface area contributed by atoms with Crippen molar-refractivity contribution < 1.29 is 31.1 Å². The first-order valence-electron chi connectivity index (χ1n) is 9.22. The molecule has 8 heteroatoms. The maximum Gasteiger partial charge on any atom is 0.416 e. The third-order valence-corrected chi connectivity index (χ3v) is 5.29. The molecule has 4 atom stereocenters. The van der Waals surface area contributed by atoms with Crippen LogP contribution in [0.3, 0.4) is 0 Å². The average Bonchev–Trinajstić information content (AvgIpc) is 3.00. The number of nitrogens with two attached hydrogens (primary N) is 1. The Morgan fingerprint density at radius 3 is 1.97 bits per heavy atom. The molecule has 1 saturated carbocycles. The van der Waals surface area contributed by atoms with Crippen molar-refractivity contribution in [1.82, 2.24) is 0 Å². The van der Waals surface area contributed by atoms with Crippen LogP contribution in [0, 0.1) is 0 Å². The molecule has 2 N–H and O–H groups in total. The van der Waals surface area contributed by atoms with Crippen molar-refractivity contribution in [3.05, 3.63) is 70.8 Å². The lowest BCUT2D eigenvalue weighted by Crippen LogP contribution is -2.30. The standard InChI is InChI=1S/C21H21F6NO/c1-12(14-9-15(20(22,23)24)11-16(10-14)21(25,26)27)29-18-8-7-17(28)19(18)13-5-3-2-4-6-13/h2-6,9-12,17-19H,7-8,28H2,1H3/t12-,17?,18?,19?/m0/s1. The fourth-order valence-electron chi connectivity index (χ4n) is 3.84. The number of alkyl halides is 6. The summed E-state index contributed by atoms with van der Waals surface area (Å²) in [4.78, 5) is 0. The van der Waals surface area contributed by atoms with Crippen molar-refractivity contribution in [2.24, 2.45) is 5.73 Å². The van der Waals surface area contributed by atoms with E-state index in [4.69, 9.17) is 10.5 Å². The first-order valence-corrected chi connectivity index (χ1v) is 9.22. The van der Waals surface area contributed by atoms with E-state index in [9.17, 15) is 26.3 Å². The van der Waals surface area contributed by atoms with Crippen LogP contribution in [0.4, 0.5) is 26.3 Å². The van der Waals surface area contributed by atoms with Crippen LogP contribution in [0.5, 0.6) is 0 Å². The predicted octanol–water partition coefficient (Wildman–Crippen LogP) is 6.08. The van der Waals surface area contributed by atoms with Gasteiger partial charge in [0, 0.05) is 12.0 Å². The van der Waals surface area contributed by atoms with Crippen LogP contribution in [-0.4, -0.2) is 12.1 Å². The molecule has 0 bridgehead atoms. The van der Waals surface area contributed by atoms with Crippen molar-refractivity contribution in [2.45, 2.75) is 56.3 Å². The van der Waals surface area contributed by atoms with Crippen molar-refractivity contribution in [3.63, 3.8) is 0 Å². The van der Waals surface area contributed by atoms with E-state index in [0.29, 0.717) is 25.0 Å². The van der Waals surface area contributed by atoms with Crippen LogP contribution in [0.2, 0.25) is 0 Å². The highest BCUT2D eigenvalue weighted by Crippen LogP contribution is 2.41. The second-order valence-corrected chi connectivity index (χ2v) is 7.33. The van der Waals surface area contributed by atoms with Crippen molar-refractivity contribution >= 4 is 0 Å². The SMILES string of the molecule is C[C@H](OC1CCC(N)C1c1ccccc1)c1cc(C(F)(F)F)cc(C(F)(F)F)c1. The van der Waals surface area contributed by atoms with E-state index in [-0.39, 0.29) is 23.6 Å². The molecule has 0 radical (unpaired) electrons. The van der Waals surface area contributed by atoms with Crippen molar-refractivity contribution in [2.75, 3.05) is 0 Å². The normalized spacial score (nSPS) is 23.9. The van der Waals surface area contributed by atoms with Crippen LogP contribution >= 0.6 is 0 Å². The molecule has 0 spiro atoms. The summed E-state index contributed by atoms with van der Waals surface area (Å²) in [7, 11) is 0. The van der Waals surface area contributed by atoms with Gasteiger partial charge >= 0.3 is 12.4 Å². The second-order valence-electron chi connectivity index (χ2n) is 7.33. The summed E-state index contributed by atoms with van der Waals surface area (Å²) >= 11 is 0. The molecular formula is C21H21F6NO. The van der Waals surface area contributed by atoms with Gasteiger partial charge in [-0.25, -0.2) is 0 Å². The van der Waals surface area contributed by atoms with E-state index in [0.717, 1.165) is 5.56 Å². The van der Waals surface area contributed by atoms with E-state index in [1.54, 1.807) is 0 Å². The minimum Gasteiger partial charge on any atom is -0.370 e. The lowest BCUT2D eigenvalue weighted by molar-refractivity contribution is -0.143. The number of hydrogen-bond donors (Lipinski definition) is 1. The van der Waals surface area contributed by atoms with Gasteiger partial charge in [0.25, 0.3) is 0 Å². The van der Waals surface area contributed by atoms with Gasteiger partial charge in [0.05, 0.1) is 23.3 Å². The Bertz CT molecular complexity index is 801. The largest absolute Gasteiger partial charge is 0.416 e. The van der Waals surface area contributed by atoms with Gasteiger partial charge in [-0.05, 0) is 49.1 Å². The summed E-state index contributed by atoms with van der Waals surface area (Å²) in [6, 6.07) is 10.7. The molecule has 158 valence electrons. The van der Waals surface area contributed by atoms with E-state index in [1.165, 1.54) is 6.92 Å². The molecule has 2 aromatic carbocycles. The Hall–Kier alpha value is -2.06. The molecule has 0 saturated heterocycles. The van der Waals surface area contributed by atoms with Gasteiger partial charge in [-0.3, -0.25) is 0 Å². The van der Waals surface area contributed by atoms with Gasteiger partial charge in [0.15, 0.2) is 0 Å². The molecule has 1 aliphatic rings. The van der Waals surface area contributed by atoms with Gasteiger partial charge in [0.2, 0.25) is 0 Å². The van der Waals surface area contributed by atoms with Gasteiger partial charge in [-0.2, -0.15) is 26.3 Å². The number of rotatable bonds is 4. The lowest BCUT2D eigenvalue weighted by atomic mass is 9.92. The molecular weight excluding hydrogens is 396 g/mol. The molecule has 3 unspecified atom stereocenters. The van der Waals surface area contributed by atoms with E-state index in [1.807, 2.05) is 30.3 Å². The molecule has 0 aliphatic heterocycles. The Morgan fingerprint density at radius 1 is 0.897 bits per heavy atom. The smallest absolute Gasteiger partial charge is 0.370 e. The second kappa shape index (κ2) is 7.99. The van der Waals surface area contributed by atoms with Crippen LogP contribution in [-0.2, 0) is 17.1 Å². The monoisotopic (exact) mass is 417 g/mol. The third-order valence-electron chi connectivity index (χ3n) is 5.29. The van der Waals surface area contributed by atoms with Gasteiger partial charge in [0.1, 0.15) is 0 Å². The molecule has 1 aliphatic carbocycles. The average molecular weight is 417 g/mol. The maximum atomic E-state index is 13.1. The van der Waals surface area contributed by atoms with Gasteiger partial charge in [-0.1, -0.05) is 30.3 Å². The molecule has 0 amide bonds. The minimum atomic E-state index is -4.89. The molecule has 3 rings (SSSR count). The van der Waals surface area contributed by atoms with Gasteiger partial charge in [-0.15, -0.1) is 0 Å². The number of benzene rings is 2. The predicted molar refractivity (Wildman–Crippen MR) is 96.1 cm³/mol. The molecule has 2 aromatic rings. The lowest BCUT2D eigenvalue weighted by Gasteiger charge is -2.27. The highest BCUT2D eigenvalue weighted by Gasteiger charge is 2.39. The Labute approximate surface area is 164 Å². The quantitative estimate of drug-likeness (QED) is 0.613. The zero-order chi connectivity index (χ0) is 21.4. The van der Waals surface area contributed by atoms with Crippen LogP contribution < -0.4 is 5.73 Å². The fourth-order valence-corrected chi connectivity index (χ4v) is 3.84. The highest BCUT2D eigenvalue weighted by atomic mass is 19.4. The van der Waals surface area contributed by atoms with Crippen LogP contribution in [0.15, 0.2) is 48.5 Å². The summed E-state index contributed by atoms with van der Waals surface area (Å²) in [6.07, 6.45) is -9.90.